The van der Waals surface area contributed by atoms with E-state index in [2.05, 4.69) is 15.4 Å². The van der Waals surface area contributed by atoms with Gasteiger partial charge in [-0.25, -0.2) is 4.79 Å². The molecule has 0 saturated carbocycles. The lowest BCUT2D eigenvalue weighted by atomic mass is 10.3. The Kier molecular flexibility index (Phi) is 7.77. The van der Waals surface area contributed by atoms with E-state index in [1.165, 1.54) is 21.0 Å². The molecule has 0 aliphatic rings. The fraction of sp³-hybridized carbons (Fsp3) is 0.600. The van der Waals surface area contributed by atoms with Crippen LogP contribution in [-0.2, 0) is 23.9 Å². The van der Waals surface area contributed by atoms with E-state index in [9.17, 15) is 19.2 Å². The van der Waals surface area contributed by atoms with E-state index in [0.29, 0.717) is 0 Å². The van der Waals surface area contributed by atoms with Gasteiger partial charge in [0, 0.05) is 19.6 Å². The normalized spacial score (nSPS) is 11.3. The fourth-order valence-corrected chi connectivity index (χ4v) is 1.73. The van der Waals surface area contributed by atoms with Crippen molar-refractivity contribution in [3.8, 4) is 0 Å². The molecule has 0 heterocycles. The zero-order valence-corrected chi connectivity index (χ0v) is 11.3. The van der Waals surface area contributed by atoms with Crippen LogP contribution in [0.2, 0.25) is 0 Å². The number of hydrogen-bond donors (Lipinski definition) is 2. The predicted molar refractivity (Wildman–Crippen MR) is 65.8 cm³/mol. The number of carbonyl (C=O) groups is 4. The van der Waals surface area contributed by atoms with Crippen molar-refractivity contribution in [1.29, 1.82) is 0 Å². The molecule has 0 aliphatic carbocycles. The molecule has 0 aromatic rings. The van der Waals surface area contributed by atoms with Crippen LogP contribution in [0.25, 0.3) is 0 Å². The molecular formula is C10H16N2O5S. The van der Waals surface area contributed by atoms with Crippen molar-refractivity contribution >= 4 is 34.7 Å². The van der Waals surface area contributed by atoms with Crippen LogP contribution < -0.4 is 10.6 Å². The Bertz CT molecular complexity index is 345. The predicted octanol–water partition coefficient (Wildman–Crippen LogP) is -0.940. The lowest BCUT2D eigenvalue weighted by molar-refractivity contribution is -0.144. The van der Waals surface area contributed by atoms with Crippen molar-refractivity contribution < 1.29 is 23.9 Å². The lowest BCUT2D eigenvalue weighted by Gasteiger charge is -2.14. The van der Waals surface area contributed by atoms with Gasteiger partial charge >= 0.3 is 5.97 Å². The van der Waals surface area contributed by atoms with Crippen LogP contribution in [0, 0.1) is 0 Å². The van der Waals surface area contributed by atoms with E-state index in [-0.39, 0.29) is 29.2 Å². The molecule has 2 amide bonds. The van der Waals surface area contributed by atoms with Crippen molar-refractivity contribution in [1.82, 2.24) is 10.6 Å². The van der Waals surface area contributed by atoms with Crippen molar-refractivity contribution in [2.75, 3.05) is 19.4 Å². The molecule has 0 saturated heterocycles. The van der Waals surface area contributed by atoms with E-state index in [1.54, 1.807) is 0 Å². The fourth-order valence-electron chi connectivity index (χ4n) is 0.980. The largest absolute Gasteiger partial charge is 0.467 e. The number of nitrogens with one attached hydrogen (secondary N) is 2. The summed E-state index contributed by atoms with van der Waals surface area (Å²) in [5, 5.41) is 4.42. The van der Waals surface area contributed by atoms with Gasteiger partial charge in [0.2, 0.25) is 16.9 Å². The number of ether oxygens (including phenoxy) is 1. The number of methoxy groups -OCH3 is 1. The Morgan fingerprint density at radius 1 is 1.17 bits per heavy atom. The monoisotopic (exact) mass is 276 g/mol. The van der Waals surface area contributed by atoms with E-state index in [4.69, 9.17) is 0 Å². The molecule has 0 aromatic carbocycles. The van der Waals surface area contributed by atoms with Gasteiger partial charge in [-0.15, -0.1) is 0 Å². The number of amides is 2. The van der Waals surface area contributed by atoms with E-state index >= 15 is 0 Å². The van der Waals surface area contributed by atoms with E-state index in [0.717, 1.165) is 11.8 Å². The smallest absolute Gasteiger partial charge is 0.329 e. The highest BCUT2D eigenvalue weighted by Gasteiger charge is 2.21. The third-order valence-corrected chi connectivity index (χ3v) is 2.72. The van der Waals surface area contributed by atoms with Crippen LogP contribution in [0.5, 0.6) is 0 Å². The molecule has 0 spiro atoms. The first kappa shape index (κ1) is 16.4. The number of thioether (sulfide) groups is 1. The molecule has 0 radical (unpaired) electrons. The molecule has 1 unspecified atom stereocenters. The number of rotatable bonds is 6. The van der Waals surface area contributed by atoms with Crippen LogP contribution in [0.15, 0.2) is 0 Å². The first-order valence-electron chi connectivity index (χ1n) is 5.11. The maximum Gasteiger partial charge on any atom is 0.329 e. The van der Waals surface area contributed by atoms with Crippen LogP contribution >= 0.6 is 11.8 Å². The van der Waals surface area contributed by atoms with Gasteiger partial charge in [0.05, 0.1) is 13.7 Å². The molecule has 7 nitrogen and oxygen atoms in total. The minimum Gasteiger partial charge on any atom is -0.467 e. The molecule has 0 fully saturated rings. The highest BCUT2D eigenvalue weighted by atomic mass is 32.2. The lowest BCUT2D eigenvalue weighted by Crippen LogP contribution is -2.42. The summed E-state index contributed by atoms with van der Waals surface area (Å²) in [7, 11) is 1.20. The number of carbonyl (C=O) groups excluding carboxylic acids is 4. The first-order valence-corrected chi connectivity index (χ1v) is 6.10. The van der Waals surface area contributed by atoms with Crippen LogP contribution in [0.1, 0.15) is 13.8 Å². The quantitative estimate of drug-likeness (QED) is 0.607. The summed E-state index contributed by atoms with van der Waals surface area (Å²) in [4.78, 5) is 44.1. The Balaban J connectivity index is 4.17. The second kappa shape index (κ2) is 8.51. The molecule has 8 heteroatoms. The summed E-state index contributed by atoms with van der Waals surface area (Å²) >= 11 is 0.843. The van der Waals surface area contributed by atoms with Crippen molar-refractivity contribution in [2.45, 2.75) is 19.9 Å². The summed E-state index contributed by atoms with van der Waals surface area (Å²) in [6, 6.07) is -0.876. The number of hydrogen-bond acceptors (Lipinski definition) is 6. The number of esters is 1. The Labute approximate surface area is 109 Å². The standard InChI is InChI=1S/C10H16N2O5S/c1-6(13)11-4-9(15)18-5-8(10(16)17-3)12-7(2)14/h8H,4-5H2,1-3H3,(H,11,13)(H,12,14). The molecule has 0 bridgehead atoms. The van der Waals surface area contributed by atoms with Gasteiger partial charge in [0.15, 0.2) is 0 Å². The summed E-state index contributed by atoms with van der Waals surface area (Å²) in [6.45, 7) is 2.44. The third-order valence-electron chi connectivity index (χ3n) is 1.76. The van der Waals surface area contributed by atoms with Gasteiger partial charge < -0.3 is 15.4 Å². The van der Waals surface area contributed by atoms with Gasteiger partial charge in [0.1, 0.15) is 6.04 Å². The molecular weight excluding hydrogens is 260 g/mol. The van der Waals surface area contributed by atoms with Gasteiger partial charge in [-0.1, -0.05) is 11.8 Å². The van der Waals surface area contributed by atoms with Gasteiger partial charge in [-0.05, 0) is 0 Å². The Hall–Kier alpha value is -1.57. The molecule has 102 valence electrons. The van der Waals surface area contributed by atoms with Crippen LogP contribution in [0.4, 0.5) is 0 Å². The molecule has 2 N–H and O–H groups in total. The van der Waals surface area contributed by atoms with Crippen LogP contribution in [0.3, 0.4) is 0 Å². The summed E-state index contributed by atoms with van der Waals surface area (Å²) in [5.74, 6) is -1.26. The minimum atomic E-state index is -0.876. The molecule has 0 aromatic heterocycles. The second-order valence-corrected chi connectivity index (χ2v) is 4.45. The van der Waals surface area contributed by atoms with E-state index in [1.807, 2.05) is 0 Å². The Morgan fingerprint density at radius 3 is 2.22 bits per heavy atom. The summed E-state index contributed by atoms with van der Waals surface area (Å²) in [6.07, 6.45) is 0. The zero-order chi connectivity index (χ0) is 14.1. The van der Waals surface area contributed by atoms with Gasteiger partial charge in [-0.2, -0.15) is 0 Å². The summed E-state index contributed by atoms with van der Waals surface area (Å²) < 4.78 is 4.50. The summed E-state index contributed by atoms with van der Waals surface area (Å²) in [5.41, 5.74) is 0. The molecule has 1 atom stereocenters. The second-order valence-electron chi connectivity index (χ2n) is 3.37. The van der Waals surface area contributed by atoms with Gasteiger partial charge in [0.25, 0.3) is 0 Å². The van der Waals surface area contributed by atoms with Gasteiger partial charge in [-0.3, -0.25) is 14.4 Å². The maximum atomic E-state index is 11.3. The van der Waals surface area contributed by atoms with Crippen molar-refractivity contribution in [2.24, 2.45) is 0 Å². The minimum absolute atomic E-state index is 0.0602. The maximum absolute atomic E-state index is 11.3. The average molecular weight is 276 g/mol. The average Bonchev–Trinajstić information content (AvgIpc) is 2.30. The highest BCUT2D eigenvalue weighted by Crippen LogP contribution is 2.05. The van der Waals surface area contributed by atoms with E-state index < -0.39 is 12.0 Å². The molecule has 0 aliphatic heterocycles. The molecule has 18 heavy (non-hydrogen) atoms. The highest BCUT2D eigenvalue weighted by molar-refractivity contribution is 8.13. The molecule has 0 rings (SSSR count). The third kappa shape index (κ3) is 7.66. The Morgan fingerprint density at radius 2 is 1.78 bits per heavy atom. The zero-order valence-electron chi connectivity index (χ0n) is 10.4. The van der Waals surface area contributed by atoms with Crippen LogP contribution in [-0.4, -0.2) is 48.3 Å². The van der Waals surface area contributed by atoms with Crippen molar-refractivity contribution in [3.05, 3.63) is 0 Å². The van der Waals surface area contributed by atoms with Crippen molar-refractivity contribution in [3.63, 3.8) is 0 Å². The SMILES string of the molecule is COC(=O)C(CSC(=O)CNC(C)=O)NC(C)=O. The first-order chi connectivity index (χ1) is 8.36. The topological polar surface area (TPSA) is 102 Å².